The van der Waals surface area contributed by atoms with Gasteiger partial charge in [0, 0.05) is 24.0 Å². The number of hydrogen-bond donors (Lipinski definition) is 0. The summed E-state index contributed by atoms with van der Waals surface area (Å²) < 4.78 is 57.3. The summed E-state index contributed by atoms with van der Waals surface area (Å²) in [6, 6.07) is 7.84. The van der Waals surface area contributed by atoms with Crippen molar-refractivity contribution in [1.29, 1.82) is 0 Å². The fourth-order valence-electron chi connectivity index (χ4n) is 3.18. The summed E-state index contributed by atoms with van der Waals surface area (Å²) in [6.07, 6.45) is -5.72. The van der Waals surface area contributed by atoms with Crippen LogP contribution >= 0.6 is 0 Å². The second-order valence-corrected chi connectivity index (χ2v) is 7.37. The van der Waals surface area contributed by atoms with Gasteiger partial charge in [0.15, 0.2) is 0 Å². The van der Waals surface area contributed by atoms with Gasteiger partial charge in [0.05, 0.1) is 18.4 Å². The molecule has 10 heteroatoms. The summed E-state index contributed by atoms with van der Waals surface area (Å²) in [4.78, 5) is 6.32. The second kappa shape index (κ2) is 11.2. The molecule has 1 heterocycles. The highest BCUT2D eigenvalue weighted by molar-refractivity contribution is 5.84. The third-order valence-corrected chi connectivity index (χ3v) is 5.33. The fraction of sp³-hybridized carbons (Fsp3) is 0.650. The Kier molecular flexibility index (Phi) is 8.95. The molecule has 7 nitrogen and oxygen atoms in total. The molecule has 0 amide bonds. The third-order valence-electron chi connectivity index (χ3n) is 5.33. The standard InChI is InChI=1S/C20H27F3N4O3/c1-13-14(2)17(12-28-11-7-10-25-27-24)29-18(15(13)3)30-19(20(21,22)23)26-16-8-5-4-6-9-16/h4-6,8-9,13-15,17-18H,7,10-12H2,1-3H3/b26-19-/t13-,14+,15?,17?,18-/m0/s1. The van der Waals surface area contributed by atoms with Crippen LogP contribution in [0.2, 0.25) is 0 Å². The van der Waals surface area contributed by atoms with E-state index in [1.54, 1.807) is 25.1 Å². The number of halogens is 3. The van der Waals surface area contributed by atoms with Crippen molar-refractivity contribution in [2.75, 3.05) is 19.8 Å². The lowest BCUT2D eigenvalue weighted by Crippen LogP contribution is -2.49. The number of aliphatic imine (C=N–C) groups is 1. The van der Waals surface area contributed by atoms with Crippen LogP contribution in [0.5, 0.6) is 0 Å². The van der Waals surface area contributed by atoms with E-state index in [0.717, 1.165) is 0 Å². The average Bonchev–Trinajstić information content (AvgIpc) is 2.71. The van der Waals surface area contributed by atoms with Gasteiger partial charge in [-0.15, -0.1) is 0 Å². The van der Waals surface area contributed by atoms with E-state index in [1.807, 2.05) is 13.8 Å². The molecule has 1 aromatic rings. The predicted molar refractivity (Wildman–Crippen MR) is 106 cm³/mol. The molecule has 0 radical (unpaired) electrons. The lowest BCUT2D eigenvalue weighted by molar-refractivity contribution is -0.237. The Morgan fingerprint density at radius 1 is 1.13 bits per heavy atom. The van der Waals surface area contributed by atoms with Crippen LogP contribution in [0.3, 0.4) is 0 Å². The van der Waals surface area contributed by atoms with Crippen molar-refractivity contribution < 1.29 is 27.4 Å². The molecule has 2 rings (SSSR count). The van der Waals surface area contributed by atoms with Crippen LogP contribution in [0.1, 0.15) is 27.2 Å². The molecule has 0 aromatic heterocycles. The summed E-state index contributed by atoms with van der Waals surface area (Å²) in [5, 5.41) is 3.42. The summed E-state index contributed by atoms with van der Waals surface area (Å²) in [5.41, 5.74) is 8.41. The zero-order chi connectivity index (χ0) is 22.1. The molecule has 0 N–H and O–H groups in total. The van der Waals surface area contributed by atoms with E-state index in [9.17, 15) is 13.2 Å². The molecule has 1 saturated heterocycles. The average molecular weight is 428 g/mol. The lowest BCUT2D eigenvalue weighted by atomic mass is 9.79. The van der Waals surface area contributed by atoms with Gasteiger partial charge in [-0.3, -0.25) is 0 Å². The number of azide groups is 1. The van der Waals surface area contributed by atoms with Crippen LogP contribution < -0.4 is 0 Å². The Hall–Kier alpha value is -2.29. The minimum absolute atomic E-state index is 0.0479. The summed E-state index contributed by atoms with van der Waals surface area (Å²) >= 11 is 0. The SMILES string of the molecule is CC1[C@H](O/C(=N\c2ccccc2)C(F)(F)F)OC(COCCCN=[N+]=[N-])[C@H](C)[C@@H]1C. The fourth-order valence-corrected chi connectivity index (χ4v) is 3.18. The minimum Gasteiger partial charge on any atom is -0.444 e. The molecule has 1 fully saturated rings. The van der Waals surface area contributed by atoms with Gasteiger partial charge in [0.2, 0.25) is 6.29 Å². The quantitative estimate of drug-likeness (QED) is 0.134. The van der Waals surface area contributed by atoms with Gasteiger partial charge < -0.3 is 14.2 Å². The van der Waals surface area contributed by atoms with Crippen molar-refractivity contribution in [3.8, 4) is 0 Å². The van der Waals surface area contributed by atoms with Crippen LogP contribution in [0.25, 0.3) is 10.4 Å². The second-order valence-electron chi connectivity index (χ2n) is 7.37. The minimum atomic E-state index is -4.75. The molecule has 5 atom stereocenters. The van der Waals surface area contributed by atoms with Crippen LogP contribution in [0.15, 0.2) is 40.4 Å². The third kappa shape index (κ3) is 6.90. The van der Waals surface area contributed by atoms with E-state index in [0.29, 0.717) is 19.6 Å². The number of hydrogen-bond acceptors (Lipinski definition) is 5. The molecule has 0 bridgehead atoms. The Morgan fingerprint density at radius 2 is 1.83 bits per heavy atom. The van der Waals surface area contributed by atoms with Crippen LogP contribution in [0.4, 0.5) is 18.9 Å². The van der Waals surface area contributed by atoms with Crippen molar-refractivity contribution in [3.63, 3.8) is 0 Å². The van der Waals surface area contributed by atoms with Crippen molar-refractivity contribution in [2.24, 2.45) is 27.9 Å². The van der Waals surface area contributed by atoms with E-state index in [1.165, 1.54) is 12.1 Å². The molecule has 0 spiro atoms. The Labute approximate surface area is 173 Å². The molecule has 1 aliphatic rings. The molecular weight excluding hydrogens is 401 g/mol. The van der Waals surface area contributed by atoms with Crippen molar-refractivity contribution in [3.05, 3.63) is 40.8 Å². The summed E-state index contributed by atoms with van der Waals surface area (Å²) in [7, 11) is 0. The number of para-hydroxylation sites is 1. The molecular formula is C20H27F3N4O3. The van der Waals surface area contributed by atoms with Gasteiger partial charge in [-0.1, -0.05) is 44.1 Å². The highest BCUT2D eigenvalue weighted by Crippen LogP contribution is 2.37. The van der Waals surface area contributed by atoms with E-state index in [4.69, 9.17) is 19.7 Å². The first kappa shape index (κ1) is 24.0. The van der Waals surface area contributed by atoms with Gasteiger partial charge in [-0.25, -0.2) is 4.99 Å². The maximum Gasteiger partial charge on any atom is 0.468 e. The number of alkyl halides is 3. The molecule has 0 aliphatic carbocycles. The zero-order valence-electron chi connectivity index (χ0n) is 17.2. The van der Waals surface area contributed by atoms with Gasteiger partial charge >= 0.3 is 6.18 Å². The first-order chi connectivity index (χ1) is 14.2. The topological polar surface area (TPSA) is 88.8 Å². The largest absolute Gasteiger partial charge is 0.468 e. The summed E-state index contributed by atoms with van der Waals surface area (Å²) in [6.45, 7) is 6.65. The first-order valence-electron chi connectivity index (χ1n) is 9.85. The maximum absolute atomic E-state index is 13.5. The molecule has 2 unspecified atom stereocenters. The Balaban J connectivity index is 2.07. The molecule has 1 aliphatic heterocycles. The number of nitrogens with zero attached hydrogens (tertiary/aromatic N) is 4. The predicted octanol–water partition coefficient (Wildman–Crippen LogP) is 5.65. The van der Waals surface area contributed by atoms with Gasteiger partial charge in [0.25, 0.3) is 5.90 Å². The zero-order valence-corrected chi connectivity index (χ0v) is 17.2. The van der Waals surface area contributed by atoms with E-state index < -0.39 is 24.5 Å². The van der Waals surface area contributed by atoms with Gasteiger partial charge in [-0.2, -0.15) is 13.2 Å². The molecule has 0 saturated carbocycles. The van der Waals surface area contributed by atoms with E-state index >= 15 is 0 Å². The van der Waals surface area contributed by atoms with Crippen molar-refractivity contribution in [1.82, 2.24) is 0 Å². The van der Waals surface area contributed by atoms with Crippen LogP contribution in [0, 0.1) is 17.8 Å². The maximum atomic E-state index is 13.5. The Morgan fingerprint density at radius 3 is 2.47 bits per heavy atom. The Bertz CT molecular complexity index is 739. The molecule has 1 aromatic carbocycles. The monoisotopic (exact) mass is 428 g/mol. The first-order valence-corrected chi connectivity index (χ1v) is 9.85. The normalized spacial score (nSPS) is 27.4. The van der Waals surface area contributed by atoms with Crippen LogP contribution in [-0.4, -0.2) is 44.2 Å². The van der Waals surface area contributed by atoms with Gasteiger partial charge in [-0.05, 0) is 35.9 Å². The summed E-state index contributed by atoms with van der Waals surface area (Å²) in [5.74, 6) is -1.49. The van der Waals surface area contributed by atoms with Crippen LogP contribution in [-0.2, 0) is 14.2 Å². The lowest BCUT2D eigenvalue weighted by Gasteiger charge is -2.43. The van der Waals surface area contributed by atoms with E-state index in [2.05, 4.69) is 15.0 Å². The van der Waals surface area contributed by atoms with Crippen molar-refractivity contribution in [2.45, 2.75) is 45.8 Å². The number of rotatable bonds is 8. The highest BCUT2D eigenvalue weighted by atomic mass is 19.4. The molecule has 30 heavy (non-hydrogen) atoms. The van der Waals surface area contributed by atoms with Crippen molar-refractivity contribution >= 4 is 11.6 Å². The molecule has 166 valence electrons. The van der Waals surface area contributed by atoms with Gasteiger partial charge in [0.1, 0.15) is 0 Å². The number of ether oxygens (including phenoxy) is 3. The number of benzene rings is 1. The smallest absolute Gasteiger partial charge is 0.444 e. The highest BCUT2D eigenvalue weighted by Gasteiger charge is 2.45. The van der Waals surface area contributed by atoms with E-state index in [-0.39, 0.29) is 30.0 Å².